The summed E-state index contributed by atoms with van der Waals surface area (Å²) in [5.41, 5.74) is 0.0834. The summed E-state index contributed by atoms with van der Waals surface area (Å²) in [6, 6.07) is 9.97. The average molecular weight is 561 g/mol. The predicted molar refractivity (Wildman–Crippen MR) is 144 cm³/mol. The van der Waals surface area contributed by atoms with Gasteiger partial charge in [-0.3, -0.25) is 0 Å². The van der Waals surface area contributed by atoms with E-state index in [1.807, 2.05) is 0 Å². The Bertz CT molecular complexity index is 1500. The number of alkyl halides is 3. The Morgan fingerprint density at radius 3 is 2.41 bits per heavy atom. The first-order valence-corrected chi connectivity index (χ1v) is 12.6. The van der Waals surface area contributed by atoms with Crippen LogP contribution in [0.4, 0.5) is 50.4 Å². The van der Waals surface area contributed by atoms with Crippen molar-refractivity contribution in [1.29, 1.82) is 0 Å². The molecule has 8 nitrogen and oxygen atoms in total. The third kappa shape index (κ3) is 7.41. The highest BCUT2D eigenvalue weighted by molar-refractivity contribution is 7.21. The highest BCUT2D eigenvalue weighted by atomic mass is 32.1. The molecule has 1 fully saturated rings. The molecule has 1 aliphatic carbocycles. The van der Waals surface area contributed by atoms with Gasteiger partial charge in [-0.25, -0.2) is 19.2 Å². The number of thiazole rings is 1. The van der Waals surface area contributed by atoms with Crippen LogP contribution in [0.3, 0.4) is 0 Å². The van der Waals surface area contributed by atoms with E-state index in [1.54, 1.807) is 19.2 Å². The number of aromatic nitrogens is 2. The Morgan fingerprint density at radius 1 is 1.03 bits per heavy atom. The van der Waals surface area contributed by atoms with Crippen molar-refractivity contribution in [2.75, 3.05) is 28.3 Å². The van der Waals surface area contributed by atoms with Crippen molar-refractivity contribution in [3.05, 3.63) is 65.5 Å². The fourth-order valence-electron chi connectivity index (χ4n) is 3.36. The van der Waals surface area contributed by atoms with E-state index in [0.29, 0.717) is 22.3 Å². The third-order valence-electron chi connectivity index (χ3n) is 5.57. The summed E-state index contributed by atoms with van der Waals surface area (Å²) in [5.74, 6) is 0.222. The zero-order valence-electron chi connectivity index (χ0n) is 20.8. The molecule has 39 heavy (non-hydrogen) atoms. The number of pyridine rings is 1. The maximum atomic E-state index is 14.3. The number of aryl methyl sites for hydroxylation is 1. The van der Waals surface area contributed by atoms with Gasteiger partial charge in [-0.1, -0.05) is 17.4 Å². The first-order valence-electron chi connectivity index (χ1n) is 11.8. The Hall–Kier alpha value is -4.26. The molecule has 1 aliphatic rings. The zero-order chi connectivity index (χ0) is 28.2. The van der Waals surface area contributed by atoms with Gasteiger partial charge in [0, 0.05) is 24.3 Å². The number of nitrogens with zero attached hydrogens (tertiary/aromatic N) is 2. The number of halogens is 4. The number of carbonyl (C=O) groups excluding carboxylic acids is 2. The predicted octanol–water partition coefficient (Wildman–Crippen LogP) is 7.18. The van der Waals surface area contributed by atoms with Crippen LogP contribution in [0.2, 0.25) is 0 Å². The van der Waals surface area contributed by atoms with Gasteiger partial charge < -0.3 is 26.1 Å². The summed E-state index contributed by atoms with van der Waals surface area (Å²) in [4.78, 5) is 31.4. The van der Waals surface area contributed by atoms with Crippen LogP contribution in [0.1, 0.15) is 24.0 Å². The van der Waals surface area contributed by atoms with Crippen molar-refractivity contribution in [2.45, 2.75) is 25.9 Å². The summed E-state index contributed by atoms with van der Waals surface area (Å²) in [5, 5.41) is 11.3. The molecule has 4 aromatic rings. The smallest absolute Gasteiger partial charge is 0.365 e. The van der Waals surface area contributed by atoms with Gasteiger partial charge in [-0.2, -0.15) is 13.2 Å². The summed E-state index contributed by atoms with van der Waals surface area (Å²) >= 11 is 1.37. The number of benzene rings is 2. The SMILES string of the molecule is CNc1nc2ccc(Nc3ccc(F)c(NC(=O)Nc4ccc(C)c(C(F)(F)F)c4)c3)nc2s1.O=CC1CC1. The standard InChI is InChI=1S/C22H18F4N6OS.C4H6O/c1-11-3-4-12(9-14(11)22(24,25)26)29-20(33)30-17-10-13(5-6-15(17)23)28-18-8-7-16-19(32-18)34-21(27-2)31-16;5-3-4-1-2-4/h3-10H,1-2H3,(H,27,31)(H,28,32)(H2,29,30,33);3-4H,1-2H2. The molecule has 2 heterocycles. The Kier molecular flexibility index (Phi) is 8.29. The molecular formula is C26H24F4N6O2S. The molecule has 1 saturated carbocycles. The van der Waals surface area contributed by atoms with Crippen molar-refractivity contribution in [2.24, 2.45) is 5.92 Å². The molecule has 0 radical (unpaired) electrons. The maximum Gasteiger partial charge on any atom is 0.416 e. The van der Waals surface area contributed by atoms with Crippen LogP contribution in [-0.4, -0.2) is 29.3 Å². The first-order chi connectivity index (χ1) is 18.5. The Balaban J connectivity index is 0.000000634. The highest BCUT2D eigenvalue weighted by Gasteiger charge is 2.32. The Morgan fingerprint density at radius 2 is 1.77 bits per heavy atom. The van der Waals surface area contributed by atoms with Gasteiger partial charge in [0.15, 0.2) is 5.13 Å². The number of aldehydes is 1. The van der Waals surface area contributed by atoms with Gasteiger partial charge in [0.25, 0.3) is 0 Å². The largest absolute Gasteiger partial charge is 0.416 e. The van der Waals surface area contributed by atoms with E-state index < -0.39 is 23.6 Å². The first kappa shape index (κ1) is 27.8. The van der Waals surface area contributed by atoms with Crippen molar-refractivity contribution in [3.63, 3.8) is 0 Å². The number of amides is 2. The van der Waals surface area contributed by atoms with Crippen LogP contribution >= 0.6 is 11.3 Å². The van der Waals surface area contributed by atoms with Crippen molar-refractivity contribution in [1.82, 2.24) is 9.97 Å². The number of hydrogen-bond acceptors (Lipinski definition) is 7. The lowest BCUT2D eigenvalue weighted by Crippen LogP contribution is -2.20. The van der Waals surface area contributed by atoms with E-state index in [2.05, 4.69) is 31.2 Å². The second-order valence-electron chi connectivity index (χ2n) is 8.69. The van der Waals surface area contributed by atoms with Crippen LogP contribution in [-0.2, 0) is 11.0 Å². The summed E-state index contributed by atoms with van der Waals surface area (Å²) in [6.07, 6.45) is -1.25. The fourth-order valence-corrected chi connectivity index (χ4v) is 4.15. The third-order valence-corrected chi connectivity index (χ3v) is 6.55. The van der Waals surface area contributed by atoms with Crippen molar-refractivity contribution >= 4 is 62.0 Å². The number of hydrogen-bond donors (Lipinski definition) is 4. The minimum atomic E-state index is -4.56. The lowest BCUT2D eigenvalue weighted by molar-refractivity contribution is -0.138. The second kappa shape index (κ2) is 11.6. The molecule has 4 N–H and O–H groups in total. The summed E-state index contributed by atoms with van der Waals surface area (Å²) in [6.45, 7) is 1.32. The van der Waals surface area contributed by atoms with Crippen molar-refractivity contribution in [3.8, 4) is 0 Å². The fraction of sp³-hybridized carbons (Fsp3) is 0.231. The minimum absolute atomic E-state index is 0.0237. The average Bonchev–Trinajstić information content (AvgIpc) is 3.64. The molecule has 2 aromatic carbocycles. The van der Waals surface area contributed by atoms with E-state index in [1.165, 1.54) is 42.5 Å². The molecule has 0 atom stereocenters. The van der Waals surface area contributed by atoms with Crippen LogP contribution in [0, 0.1) is 18.7 Å². The van der Waals surface area contributed by atoms with Gasteiger partial charge in [-0.05, 0) is 67.8 Å². The topological polar surface area (TPSA) is 108 Å². The quantitative estimate of drug-likeness (QED) is 0.147. The van der Waals surface area contributed by atoms with Gasteiger partial charge in [0.2, 0.25) is 0 Å². The number of nitrogens with one attached hydrogen (secondary N) is 4. The van der Waals surface area contributed by atoms with Gasteiger partial charge in [0.1, 0.15) is 28.3 Å². The molecule has 2 aromatic heterocycles. The lowest BCUT2D eigenvalue weighted by atomic mass is 10.1. The highest BCUT2D eigenvalue weighted by Crippen LogP contribution is 2.33. The molecular weight excluding hydrogens is 536 g/mol. The molecule has 204 valence electrons. The Labute approximate surface area is 224 Å². The van der Waals surface area contributed by atoms with Crippen LogP contribution in [0.5, 0.6) is 0 Å². The monoisotopic (exact) mass is 560 g/mol. The number of urea groups is 1. The van der Waals surface area contributed by atoms with Gasteiger partial charge in [0.05, 0.1) is 11.3 Å². The van der Waals surface area contributed by atoms with E-state index in [9.17, 15) is 27.2 Å². The molecule has 0 bridgehead atoms. The summed E-state index contributed by atoms with van der Waals surface area (Å²) in [7, 11) is 1.76. The van der Waals surface area contributed by atoms with Gasteiger partial charge in [-0.15, -0.1) is 0 Å². The van der Waals surface area contributed by atoms with E-state index >= 15 is 0 Å². The van der Waals surface area contributed by atoms with Crippen molar-refractivity contribution < 1.29 is 27.2 Å². The second-order valence-corrected chi connectivity index (χ2v) is 9.67. The van der Waals surface area contributed by atoms with Crippen LogP contribution in [0.15, 0.2) is 48.5 Å². The van der Waals surface area contributed by atoms with Crippen LogP contribution < -0.4 is 21.3 Å². The summed E-state index contributed by atoms with van der Waals surface area (Å²) < 4.78 is 53.6. The molecule has 2 amide bonds. The number of rotatable bonds is 6. The van der Waals surface area contributed by atoms with Crippen LogP contribution in [0.25, 0.3) is 10.3 Å². The molecule has 5 rings (SSSR count). The zero-order valence-corrected chi connectivity index (χ0v) is 21.6. The lowest BCUT2D eigenvalue weighted by Gasteiger charge is -2.14. The maximum absolute atomic E-state index is 14.3. The van der Waals surface area contributed by atoms with E-state index in [-0.39, 0.29) is 16.9 Å². The normalized spacial score (nSPS) is 12.8. The number of fused-ring (bicyclic) bond motifs is 1. The van der Waals surface area contributed by atoms with E-state index in [0.717, 1.165) is 41.9 Å². The minimum Gasteiger partial charge on any atom is -0.365 e. The molecule has 0 aliphatic heterocycles. The number of anilines is 5. The molecule has 0 spiro atoms. The number of carbonyl (C=O) groups is 2. The molecule has 13 heteroatoms. The van der Waals surface area contributed by atoms with Gasteiger partial charge >= 0.3 is 12.2 Å². The molecule has 0 saturated heterocycles. The molecule has 0 unspecified atom stereocenters. The van der Waals surface area contributed by atoms with E-state index in [4.69, 9.17) is 0 Å².